The Morgan fingerprint density at radius 1 is 1.37 bits per heavy atom. The van der Waals surface area contributed by atoms with E-state index < -0.39 is 11.8 Å². The van der Waals surface area contributed by atoms with Crippen molar-refractivity contribution in [3.8, 4) is 0 Å². The van der Waals surface area contributed by atoms with E-state index in [1.165, 1.54) is 0 Å². The van der Waals surface area contributed by atoms with E-state index in [0.717, 1.165) is 11.1 Å². The Kier molecular flexibility index (Phi) is 3.56. The third-order valence-electron chi connectivity index (χ3n) is 3.97. The van der Waals surface area contributed by atoms with Crippen LogP contribution in [-0.2, 0) is 0 Å². The Hall–Kier alpha value is -1.52. The molecule has 0 radical (unpaired) electrons. The summed E-state index contributed by atoms with van der Waals surface area (Å²) in [5.41, 5.74) is 8.05. The summed E-state index contributed by atoms with van der Waals surface area (Å²) in [6, 6.07) is 0. The van der Waals surface area contributed by atoms with Crippen molar-refractivity contribution in [2.75, 3.05) is 0 Å². The summed E-state index contributed by atoms with van der Waals surface area (Å²) < 4.78 is 26.4. The second-order valence-corrected chi connectivity index (χ2v) is 5.29. The molecule has 1 saturated carbocycles. The zero-order valence-electron chi connectivity index (χ0n) is 11.2. The molecule has 1 fully saturated rings. The molecule has 2 N–H and O–H groups in total. The van der Waals surface area contributed by atoms with Crippen LogP contribution in [0.5, 0.6) is 0 Å². The number of carbonyl (C=O) groups excluding carboxylic acids is 1. The van der Waals surface area contributed by atoms with Crippen molar-refractivity contribution >= 4 is 5.91 Å². The topological polar surface area (TPSA) is 56.0 Å². The highest BCUT2D eigenvalue weighted by Crippen LogP contribution is 2.41. The third kappa shape index (κ3) is 2.74. The molecule has 0 spiro atoms. The normalized spacial score (nSPS) is 19.4. The van der Waals surface area contributed by atoms with Gasteiger partial charge in [0.15, 0.2) is 0 Å². The van der Waals surface area contributed by atoms with E-state index in [4.69, 9.17) is 5.73 Å². The summed E-state index contributed by atoms with van der Waals surface area (Å²) in [6.07, 6.45) is 2.35. The molecule has 1 heterocycles. The van der Waals surface area contributed by atoms with Gasteiger partial charge in [0.05, 0.1) is 11.3 Å². The number of nitrogens with two attached hydrogens (primary N) is 1. The first-order valence-corrected chi connectivity index (χ1v) is 6.45. The maximum Gasteiger partial charge on any atom is 0.250 e. The highest BCUT2D eigenvalue weighted by Gasteiger charge is 2.36. The highest BCUT2D eigenvalue weighted by atomic mass is 19.3. The second-order valence-electron chi connectivity index (χ2n) is 5.29. The number of hydrogen-bond donors (Lipinski definition) is 1. The monoisotopic (exact) mass is 268 g/mol. The Morgan fingerprint density at radius 2 is 1.95 bits per heavy atom. The summed E-state index contributed by atoms with van der Waals surface area (Å²) in [6.45, 7) is 3.54. The lowest BCUT2D eigenvalue weighted by Gasteiger charge is -2.29. The van der Waals surface area contributed by atoms with Gasteiger partial charge in [0, 0.05) is 19.0 Å². The van der Waals surface area contributed by atoms with E-state index >= 15 is 0 Å². The van der Waals surface area contributed by atoms with E-state index in [0.29, 0.717) is 24.1 Å². The summed E-state index contributed by atoms with van der Waals surface area (Å²) in [4.78, 5) is 15.6. The van der Waals surface area contributed by atoms with Gasteiger partial charge in [-0.2, -0.15) is 0 Å². The molecule has 1 aromatic heterocycles. The van der Waals surface area contributed by atoms with Crippen molar-refractivity contribution in [3.05, 3.63) is 28.6 Å². The third-order valence-corrected chi connectivity index (χ3v) is 3.97. The molecule has 0 atom stereocenters. The number of aryl methyl sites for hydroxylation is 1. The molecule has 0 bridgehead atoms. The largest absolute Gasteiger partial charge is 0.366 e. The molecule has 5 heteroatoms. The molecule has 3 nitrogen and oxygen atoms in total. The second kappa shape index (κ2) is 4.87. The van der Waals surface area contributed by atoms with Crippen LogP contribution < -0.4 is 5.73 Å². The maximum absolute atomic E-state index is 13.2. The van der Waals surface area contributed by atoms with Crippen LogP contribution in [0, 0.1) is 13.8 Å². The molecule has 0 saturated heterocycles. The number of rotatable bonds is 2. The van der Waals surface area contributed by atoms with Gasteiger partial charge in [-0.3, -0.25) is 9.78 Å². The molecule has 0 aromatic carbocycles. The number of hydrogen-bond acceptors (Lipinski definition) is 2. The molecule has 2 rings (SSSR count). The van der Waals surface area contributed by atoms with Crippen LogP contribution in [-0.4, -0.2) is 16.8 Å². The lowest BCUT2D eigenvalue weighted by Crippen LogP contribution is -2.25. The number of aromatic nitrogens is 1. The lowest BCUT2D eigenvalue weighted by molar-refractivity contribution is -0.0383. The Labute approximate surface area is 111 Å². The molecule has 0 unspecified atom stereocenters. The van der Waals surface area contributed by atoms with Crippen LogP contribution in [0.15, 0.2) is 6.20 Å². The van der Waals surface area contributed by atoms with E-state index in [2.05, 4.69) is 4.98 Å². The molecular formula is C14H18F2N2O. The highest BCUT2D eigenvalue weighted by molar-refractivity contribution is 5.95. The first-order valence-electron chi connectivity index (χ1n) is 6.45. The van der Waals surface area contributed by atoms with E-state index in [-0.39, 0.29) is 18.8 Å². The van der Waals surface area contributed by atoms with Crippen molar-refractivity contribution in [3.63, 3.8) is 0 Å². The van der Waals surface area contributed by atoms with Gasteiger partial charge in [-0.05, 0) is 43.7 Å². The minimum absolute atomic E-state index is 0.0471. The van der Waals surface area contributed by atoms with E-state index in [1.807, 2.05) is 6.92 Å². The SMILES string of the molecule is Cc1ncc(C2CCC(F)(F)CC2)c(C)c1C(N)=O. The Bertz CT molecular complexity index is 504. The quantitative estimate of drug-likeness (QED) is 0.896. The zero-order valence-corrected chi connectivity index (χ0v) is 11.2. The van der Waals surface area contributed by atoms with E-state index in [9.17, 15) is 13.6 Å². The standard InChI is InChI=1S/C14H18F2N2O/c1-8-11(7-18-9(2)12(8)13(17)19)10-3-5-14(15,16)6-4-10/h7,10H,3-6H2,1-2H3,(H2,17,19). The summed E-state index contributed by atoms with van der Waals surface area (Å²) >= 11 is 0. The van der Waals surface area contributed by atoms with Crippen LogP contribution >= 0.6 is 0 Å². The van der Waals surface area contributed by atoms with Gasteiger partial charge in [-0.15, -0.1) is 0 Å². The summed E-state index contributed by atoms with van der Waals surface area (Å²) in [7, 11) is 0. The van der Waals surface area contributed by atoms with Crippen molar-refractivity contribution in [2.24, 2.45) is 5.73 Å². The number of pyridine rings is 1. The van der Waals surface area contributed by atoms with Gasteiger partial charge in [-0.25, -0.2) is 8.78 Å². The number of amides is 1. The molecule has 1 aliphatic carbocycles. The first-order chi connectivity index (χ1) is 8.82. The molecule has 1 aromatic rings. The number of carbonyl (C=O) groups is 1. The molecule has 104 valence electrons. The minimum Gasteiger partial charge on any atom is -0.366 e. The fourth-order valence-corrected chi connectivity index (χ4v) is 2.87. The van der Waals surface area contributed by atoms with Gasteiger partial charge in [-0.1, -0.05) is 0 Å². The van der Waals surface area contributed by atoms with Crippen LogP contribution in [0.25, 0.3) is 0 Å². The zero-order chi connectivity index (χ0) is 14.2. The van der Waals surface area contributed by atoms with Gasteiger partial charge < -0.3 is 5.73 Å². The van der Waals surface area contributed by atoms with Crippen molar-refractivity contribution in [1.82, 2.24) is 4.98 Å². The van der Waals surface area contributed by atoms with Gasteiger partial charge >= 0.3 is 0 Å². The van der Waals surface area contributed by atoms with Crippen LogP contribution in [0.1, 0.15) is 58.8 Å². The van der Waals surface area contributed by atoms with E-state index in [1.54, 1.807) is 13.1 Å². The van der Waals surface area contributed by atoms with Gasteiger partial charge in [0.1, 0.15) is 0 Å². The van der Waals surface area contributed by atoms with Crippen molar-refractivity contribution in [1.29, 1.82) is 0 Å². The van der Waals surface area contributed by atoms with Crippen LogP contribution in [0.2, 0.25) is 0 Å². The fraction of sp³-hybridized carbons (Fsp3) is 0.571. The molecule has 1 amide bonds. The first kappa shape index (κ1) is 13.9. The molecule has 0 aliphatic heterocycles. The van der Waals surface area contributed by atoms with Crippen molar-refractivity contribution < 1.29 is 13.6 Å². The summed E-state index contributed by atoms with van der Waals surface area (Å²) in [5, 5.41) is 0. The number of halogens is 2. The fourth-order valence-electron chi connectivity index (χ4n) is 2.87. The molecular weight excluding hydrogens is 250 g/mol. The predicted octanol–water partition coefficient (Wildman–Crippen LogP) is 3.09. The number of alkyl halides is 2. The summed E-state index contributed by atoms with van der Waals surface area (Å²) in [5.74, 6) is -3.01. The average molecular weight is 268 g/mol. The number of nitrogens with zero attached hydrogens (tertiary/aromatic N) is 1. The Morgan fingerprint density at radius 3 is 2.47 bits per heavy atom. The smallest absolute Gasteiger partial charge is 0.250 e. The van der Waals surface area contributed by atoms with Crippen LogP contribution in [0.3, 0.4) is 0 Å². The van der Waals surface area contributed by atoms with Crippen molar-refractivity contribution in [2.45, 2.75) is 51.4 Å². The predicted molar refractivity (Wildman–Crippen MR) is 68.4 cm³/mol. The molecule has 19 heavy (non-hydrogen) atoms. The molecule has 1 aliphatic rings. The maximum atomic E-state index is 13.2. The lowest BCUT2D eigenvalue weighted by atomic mass is 9.80. The van der Waals surface area contributed by atoms with Gasteiger partial charge in [0.2, 0.25) is 5.92 Å². The Balaban J connectivity index is 2.32. The van der Waals surface area contributed by atoms with Crippen LogP contribution in [0.4, 0.5) is 8.78 Å². The minimum atomic E-state index is -2.55. The average Bonchev–Trinajstić information content (AvgIpc) is 2.30. The van der Waals surface area contributed by atoms with Gasteiger partial charge in [0.25, 0.3) is 5.91 Å². The number of primary amides is 1.